The van der Waals surface area contributed by atoms with Gasteiger partial charge < -0.3 is 19.9 Å². The van der Waals surface area contributed by atoms with E-state index in [0.29, 0.717) is 6.42 Å². The van der Waals surface area contributed by atoms with E-state index >= 15 is 0 Å². The van der Waals surface area contributed by atoms with Gasteiger partial charge in [0.1, 0.15) is 11.4 Å². The molecule has 0 fully saturated rings. The van der Waals surface area contributed by atoms with Gasteiger partial charge in [-0.25, -0.2) is 9.59 Å². The van der Waals surface area contributed by atoms with Crippen molar-refractivity contribution in [3.05, 3.63) is 0 Å². The molecule has 1 amide bonds. The van der Waals surface area contributed by atoms with E-state index in [1.54, 1.807) is 41.5 Å². The third-order valence-corrected chi connectivity index (χ3v) is 3.35. The molecule has 0 aliphatic carbocycles. The predicted octanol–water partition coefficient (Wildman–Crippen LogP) is 3.15. The second kappa shape index (κ2) is 9.75. The molecule has 0 rings (SSSR count). The number of carbonyl (C=O) groups excluding carboxylic acids is 2. The molecule has 146 valence electrons. The van der Waals surface area contributed by atoms with E-state index in [-0.39, 0.29) is 18.8 Å². The molecule has 0 aliphatic heterocycles. The van der Waals surface area contributed by atoms with Crippen molar-refractivity contribution in [3.8, 4) is 0 Å². The van der Waals surface area contributed by atoms with Crippen molar-refractivity contribution in [1.82, 2.24) is 5.32 Å². The number of Topliss-reactive ketones (excluding diaryl/α,β-unsaturated/α-hetero) is 1. The zero-order valence-electron chi connectivity index (χ0n) is 16.5. The van der Waals surface area contributed by atoms with Crippen LogP contribution < -0.4 is 5.32 Å². The molecule has 0 saturated carbocycles. The molecular weight excluding hydrogens is 326 g/mol. The molecule has 7 heteroatoms. The van der Waals surface area contributed by atoms with Crippen molar-refractivity contribution >= 4 is 17.8 Å². The lowest BCUT2D eigenvalue weighted by Crippen LogP contribution is -2.51. The van der Waals surface area contributed by atoms with Crippen LogP contribution in [0.1, 0.15) is 67.7 Å². The van der Waals surface area contributed by atoms with Gasteiger partial charge in [-0.1, -0.05) is 34.1 Å². The summed E-state index contributed by atoms with van der Waals surface area (Å²) in [4.78, 5) is 36.0. The molecule has 25 heavy (non-hydrogen) atoms. The number of ether oxygens (including phenoxy) is 2. The minimum atomic E-state index is -1.31. The Hall–Kier alpha value is -1.63. The number of rotatable bonds is 9. The van der Waals surface area contributed by atoms with Crippen molar-refractivity contribution in [3.63, 3.8) is 0 Å². The summed E-state index contributed by atoms with van der Waals surface area (Å²) in [5, 5.41) is 12.0. The van der Waals surface area contributed by atoms with Crippen molar-refractivity contribution in [2.45, 2.75) is 85.5 Å². The highest BCUT2D eigenvalue weighted by Crippen LogP contribution is 2.20. The fraction of sp³-hybridized carbons (Fsp3) is 0.833. The molecule has 0 spiro atoms. The molecule has 2 unspecified atom stereocenters. The first-order chi connectivity index (χ1) is 11.3. The summed E-state index contributed by atoms with van der Waals surface area (Å²) in [5.74, 6) is -1.39. The van der Waals surface area contributed by atoms with Crippen molar-refractivity contribution in [2.24, 2.45) is 5.41 Å². The first kappa shape index (κ1) is 23.4. The first-order valence-electron chi connectivity index (χ1n) is 8.65. The Bertz CT molecular complexity index is 461. The second-order valence-corrected chi connectivity index (χ2v) is 8.11. The maximum absolute atomic E-state index is 12.4. The average molecular weight is 359 g/mol. The highest BCUT2D eigenvalue weighted by atomic mass is 16.6. The number of carboxylic acids is 1. The molecular formula is C18H33NO6. The normalized spacial score (nSPS) is 14.5. The lowest BCUT2D eigenvalue weighted by molar-refractivity contribution is -0.153. The lowest BCUT2D eigenvalue weighted by Gasteiger charge is -2.29. The van der Waals surface area contributed by atoms with Crippen LogP contribution in [0.5, 0.6) is 0 Å². The number of carboxylic acid groups (broad SMARTS) is 1. The number of hydrogen-bond donors (Lipinski definition) is 2. The van der Waals surface area contributed by atoms with Gasteiger partial charge in [-0.2, -0.15) is 0 Å². The van der Waals surface area contributed by atoms with Crippen LogP contribution in [0.2, 0.25) is 0 Å². The van der Waals surface area contributed by atoms with E-state index in [0.717, 1.165) is 6.42 Å². The third-order valence-electron chi connectivity index (χ3n) is 3.35. The molecule has 0 radical (unpaired) electrons. The van der Waals surface area contributed by atoms with Crippen LogP contribution in [0.3, 0.4) is 0 Å². The number of alkyl carbamates (subject to hydrolysis) is 1. The Balaban J connectivity index is 5.29. The van der Waals surface area contributed by atoms with Gasteiger partial charge in [-0.15, -0.1) is 0 Å². The summed E-state index contributed by atoms with van der Waals surface area (Å²) < 4.78 is 10.6. The van der Waals surface area contributed by atoms with Gasteiger partial charge in [-0.3, -0.25) is 4.79 Å². The second-order valence-electron chi connectivity index (χ2n) is 8.11. The minimum Gasteiger partial charge on any atom is -0.479 e. The van der Waals surface area contributed by atoms with E-state index in [1.165, 1.54) is 0 Å². The maximum Gasteiger partial charge on any atom is 0.407 e. The molecule has 0 aliphatic rings. The SMILES string of the molecule is CCCCOC(C(=O)O)C(CC(=O)C(C)(C)C)NC(=O)OC(C)(C)C. The maximum atomic E-state index is 12.4. The van der Waals surface area contributed by atoms with E-state index < -0.39 is 35.2 Å². The average Bonchev–Trinajstić information content (AvgIpc) is 2.39. The number of aliphatic carboxylic acids is 1. The van der Waals surface area contributed by atoms with E-state index in [4.69, 9.17) is 9.47 Å². The summed E-state index contributed by atoms with van der Waals surface area (Å²) >= 11 is 0. The lowest BCUT2D eigenvalue weighted by atomic mass is 9.86. The standard InChI is InChI=1S/C18H33NO6/c1-8-9-10-24-14(15(21)22)12(11-13(20)17(2,3)4)19-16(23)25-18(5,6)7/h12,14H,8-11H2,1-7H3,(H,19,23)(H,21,22). The van der Waals surface area contributed by atoms with Gasteiger partial charge in [0.25, 0.3) is 0 Å². The summed E-state index contributed by atoms with van der Waals surface area (Å²) in [7, 11) is 0. The summed E-state index contributed by atoms with van der Waals surface area (Å²) in [6.45, 7) is 12.5. The Labute approximate surface area is 150 Å². The van der Waals surface area contributed by atoms with Crippen LogP contribution in [0.25, 0.3) is 0 Å². The fourth-order valence-electron chi connectivity index (χ4n) is 1.91. The van der Waals surface area contributed by atoms with Gasteiger partial charge in [-0.05, 0) is 27.2 Å². The van der Waals surface area contributed by atoms with Crippen LogP contribution >= 0.6 is 0 Å². The van der Waals surface area contributed by atoms with Crippen molar-refractivity contribution in [1.29, 1.82) is 0 Å². The third kappa shape index (κ3) is 10.1. The zero-order chi connectivity index (χ0) is 19.8. The summed E-state index contributed by atoms with van der Waals surface area (Å²) in [5.41, 5.74) is -1.38. The summed E-state index contributed by atoms with van der Waals surface area (Å²) in [6, 6.07) is -1.00. The smallest absolute Gasteiger partial charge is 0.407 e. The largest absolute Gasteiger partial charge is 0.479 e. The van der Waals surface area contributed by atoms with Gasteiger partial charge >= 0.3 is 12.1 Å². The van der Waals surface area contributed by atoms with Gasteiger partial charge in [0.15, 0.2) is 6.10 Å². The molecule has 0 saturated heterocycles. The number of nitrogens with one attached hydrogen (secondary N) is 1. The van der Waals surface area contributed by atoms with Crippen LogP contribution in [0.15, 0.2) is 0 Å². The number of unbranched alkanes of at least 4 members (excludes halogenated alkanes) is 1. The highest BCUT2D eigenvalue weighted by molar-refractivity contribution is 5.86. The Morgan fingerprint density at radius 2 is 1.64 bits per heavy atom. The van der Waals surface area contributed by atoms with E-state index in [1.807, 2.05) is 6.92 Å². The quantitative estimate of drug-likeness (QED) is 0.613. The Morgan fingerprint density at radius 3 is 2.04 bits per heavy atom. The van der Waals surface area contributed by atoms with Crippen molar-refractivity contribution < 1.29 is 29.0 Å². The molecule has 7 nitrogen and oxygen atoms in total. The first-order valence-corrected chi connectivity index (χ1v) is 8.65. The van der Waals surface area contributed by atoms with Gasteiger partial charge in [0, 0.05) is 18.4 Å². The molecule has 2 N–H and O–H groups in total. The van der Waals surface area contributed by atoms with Crippen molar-refractivity contribution in [2.75, 3.05) is 6.61 Å². The van der Waals surface area contributed by atoms with Gasteiger partial charge in [0.05, 0.1) is 6.04 Å². The highest BCUT2D eigenvalue weighted by Gasteiger charge is 2.35. The van der Waals surface area contributed by atoms with Crippen LogP contribution in [-0.2, 0) is 19.1 Å². The number of carbonyl (C=O) groups is 3. The number of hydrogen-bond acceptors (Lipinski definition) is 5. The molecule has 0 aromatic heterocycles. The number of amides is 1. The molecule has 2 atom stereocenters. The van der Waals surface area contributed by atoms with Crippen LogP contribution in [0, 0.1) is 5.41 Å². The van der Waals surface area contributed by atoms with Crippen LogP contribution in [0.4, 0.5) is 4.79 Å². The predicted molar refractivity (Wildman–Crippen MR) is 94.5 cm³/mol. The fourth-order valence-corrected chi connectivity index (χ4v) is 1.91. The van der Waals surface area contributed by atoms with Gasteiger partial charge in [0.2, 0.25) is 0 Å². The molecule has 0 aromatic carbocycles. The molecule has 0 bridgehead atoms. The Kier molecular flexibility index (Phi) is 9.11. The van der Waals surface area contributed by atoms with E-state index in [2.05, 4.69) is 5.32 Å². The van der Waals surface area contributed by atoms with E-state index in [9.17, 15) is 19.5 Å². The Morgan fingerprint density at radius 1 is 1.08 bits per heavy atom. The number of ketones is 1. The topological polar surface area (TPSA) is 102 Å². The molecule has 0 aromatic rings. The van der Waals surface area contributed by atoms with Crippen LogP contribution in [-0.4, -0.2) is 47.3 Å². The zero-order valence-corrected chi connectivity index (χ0v) is 16.5. The minimum absolute atomic E-state index is 0.147. The monoisotopic (exact) mass is 359 g/mol. The molecule has 0 heterocycles. The summed E-state index contributed by atoms with van der Waals surface area (Å²) in [6.07, 6.45) is -0.700.